The van der Waals surface area contributed by atoms with Crippen molar-refractivity contribution in [3.05, 3.63) is 24.0 Å². The van der Waals surface area contributed by atoms with Gasteiger partial charge in [0.15, 0.2) is 0 Å². The summed E-state index contributed by atoms with van der Waals surface area (Å²) in [6, 6.07) is 3.61. The number of nitrogens with zero attached hydrogens (tertiary/aromatic N) is 3. The maximum atomic E-state index is 11.1. The Morgan fingerprint density at radius 2 is 2.21 bits per heavy atom. The van der Waals surface area contributed by atoms with Crippen LogP contribution < -0.4 is 16.4 Å². The molecule has 0 saturated carbocycles. The zero-order chi connectivity index (χ0) is 14.4. The van der Waals surface area contributed by atoms with Crippen LogP contribution in [-0.2, 0) is 0 Å². The first-order valence-corrected chi connectivity index (χ1v) is 5.94. The lowest BCUT2D eigenvalue weighted by molar-refractivity contribution is 0.0995. The highest BCUT2D eigenvalue weighted by Gasteiger charge is 2.13. The van der Waals surface area contributed by atoms with Crippen molar-refractivity contribution in [2.45, 2.75) is 26.3 Å². The number of anilines is 1. The van der Waals surface area contributed by atoms with Crippen molar-refractivity contribution < 1.29 is 10.0 Å². The molecule has 0 aliphatic rings. The third-order valence-electron chi connectivity index (χ3n) is 2.69. The molecule has 1 aromatic rings. The summed E-state index contributed by atoms with van der Waals surface area (Å²) in [5.41, 5.74) is 11.7. The number of primary amides is 1. The Balaban J connectivity index is 2.92. The highest BCUT2D eigenvalue weighted by molar-refractivity contribution is 5.91. The van der Waals surface area contributed by atoms with Crippen molar-refractivity contribution in [2.75, 3.05) is 11.4 Å². The van der Waals surface area contributed by atoms with E-state index in [0.29, 0.717) is 13.0 Å². The van der Waals surface area contributed by atoms with E-state index in [1.165, 1.54) is 6.20 Å². The number of pyridine rings is 1. The molecule has 0 atom stereocenters. The molecule has 0 bridgehead atoms. The Morgan fingerprint density at radius 3 is 2.74 bits per heavy atom. The van der Waals surface area contributed by atoms with Crippen LogP contribution in [0.4, 0.5) is 5.69 Å². The average Bonchev–Trinajstić information content (AvgIpc) is 2.38. The van der Waals surface area contributed by atoms with E-state index < -0.39 is 5.91 Å². The zero-order valence-electron chi connectivity index (χ0n) is 11.1. The lowest BCUT2D eigenvalue weighted by atomic mass is 10.2. The first kappa shape index (κ1) is 14.7. The van der Waals surface area contributed by atoms with Gasteiger partial charge in [-0.15, -0.1) is 0 Å². The van der Waals surface area contributed by atoms with Crippen LogP contribution in [0.3, 0.4) is 0 Å². The maximum absolute atomic E-state index is 11.1. The Morgan fingerprint density at radius 1 is 1.53 bits per heavy atom. The minimum atomic E-state index is -0.568. The smallest absolute Gasteiger partial charge is 0.267 e. The highest BCUT2D eigenvalue weighted by Crippen LogP contribution is 2.17. The molecule has 1 rings (SSSR count). The molecule has 19 heavy (non-hydrogen) atoms. The van der Waals surface area contributed by atoms with Gasteiger partial charge in [0, 0.05) is 30.9 Å². The average molecular weight is 265 g/mol. The Labute approximate surface area is 111 Å². The van der Waals surface area contributed by atoms with Crippen LogP contribution in [0.15, 0.2) is 23.5 Å². The summed E-state index contributed by atoms with van der Waals surface area (Å²) in [5.74, 6) is -0.406. The fourth-order valence-corrected chi connectivity index (χ4v) is 1.70. The second-order valence-electron chi connectivity index (χ2n) is 4.39. The fraction of sp³-hybridized carbons (Fsp3) is 0.417. The van der Waals surface area contributed by atoms with Gasteiger partial charge in [0.25, 0.3) is 5.91 Å². The van der Waals surface area contributed by atoms with E-state index in [4.69, 9.17) is 16.7 Å². The van der Waals surface area contributed by atoms with E-state index >= 15 is 0 Å². The number of amidine groups is 1. The van der Waals surface area contributed by atoms with Crippen LogP contribution in [0.5, 0.6) is 0 Å². The third-order valence-corrected chi connectivity index (χ3v) is 2.69. The summed E-state index contributed by atoms with van der Waals surface area (Å²) in [6.07, 6.45) is 1.96. The van der Waals surface area contributed by atoms with Crippen molar-refractivity contribution in [2.24, 2.45) is 16.6 Å². The largest absolute Gasteiger partial charge is 0.409 e. The SMILES string of the molecule is CC(C)N(CC/C(N)=N/O)c1ccnc(C(N)=O)c1. The molecule has 1 aromatic heterocycles. The summed E-state index contributed by atoms with van der Waals surface area (Å²) in [5, 5.41) is 11.5. The van der Waals surface area contributed by atoms with Crippen LogP contribution in [0.1, 0.15) is 30.8 Å². The summed E-state index contributed by atoms with van der Waals surface area (Å²) in [7, 11) is 0. The van der Waals surface area contributed by atoms with E-state index in [-0.39, 0.29) is 17.6 Å². The zero-order valence-corrected chi connectivity index (χ0v) is 11.1. The van der Waals surface area contributed by atoms with Crippen molar-refractivity contribution >= 4 is 17.4 Å². The number of hydrogen-bond donors (Lipinski definition) is 3. The number of carbonyl (C=O) groups is 1. The molecule has 0 fully saturated rings. The standard InChI is InChI=1S/C12H19N5O2/c1-8(2)17(6-4-11(13)16-19)9-3-5-15-10(7-9)12(14)18/h3,5,7-8,19H,4,6H2,1-2H3,(H2,13,16)(H2,14,18). The van der Waals surface area contributed by atoms with Crippen molar-refractivity contribution in [1.82, 2.24) is 4.98 Å². The number of carbonyl (C=O) groups excluding carboxylic acids is 1. The van der Waals surface area contributed by atoms with Gasteiger partial charge in [-0.3, -0.25) is 9.78 Å². The molecular formula is C12H19N5O2. The van der Waals surface area contributed by atoms with Gasteiger partial charge < -0.3 is 21.6 Å². The van der Waals surface area contributed by atoms with E-state index in [1.807, 2.05) is 18.7 Å². The van der Waals surface area contributed by atoms with Crippen LogP contribution in [-0.4, -0.2) is 34.5 Å². The molecule has 0 aliphatic heterocycles. The van der Waals surface area contributed by atoms with Crippen LogP contribution in [0, 0.1) is 0 Å². The van der Waals surface area contributed by atoms with Crippen molar-refractivity contribution in [3.8, 4) is 0 Å². The molecule has 0 unspecified atom stereocenters. The second-order valence-corrected chi connectivity index (χ2v) is 4.39. The van der Waals surface area contributed by atoms with Crippen molar-refractivity contribution in [1.29, 1.82) is 0 Å². The van der Waals surface area contributed by atoms with Gasteiger partial charge in [-0.05, 0) is 26.0 Å². The summed E-state index contributed by atoms with van der Waals surface area (Å²) < 4.78 is 0. The van der Waals surface area contributed by atoms with E-state index in [9.17, 15) is 4.79 Å². The van der Waals surface area contributed by atoms with Crippen LogP contribution >= 0.6 is 0 Å². The van der Waals surface area contributed by atoms with Crippen LogP contribution in [0.2, 0.25) is 0 Å². The predicted octanol–water partition coefficient (Wildman–Crippen LogP) is 0.532. The topological polar surface area (TPSA) is 118 Å². The minimum absolute atomic E-state index is 0.162. The molecule has 1 amide bonds. The number of hydrogen-bond acceptors (Lipinski definition) is 5. The molecule has 1 heterocycles. The molecule has 0 radical (unpaired) electrons. The van der Waals surface area contributed by atoms with Gasteiger partial charge in [0.2, 0.25) is 0 Å². The normalized spacial score (nSPS) is 11.6. The number of nitrogens with two attached hydrogens (primary N) is 2. The first-order chi connectivity index (χ1) is 8.95. The molecule has 0 spiro atoms. The lowest BCUT2D eigenvalue weighted by Gasteiger charge is -2.29. The predicted molar refractivity (Wildman–Crippen MR) is 73.3 cm³/mol. The Bertz CT molecular complexity index is 473. The summed E-state index contributed by atoms with van der Waals surface area (Å²) >= 11 is 0. The van der Waals surface area contributed by atoms with Gasteiger partial charge in [0.1, 0.15) is 11.5 Å². The first-order valence-electron chi connectivity index (χ1n) is 5.94. The van der Waals surface area contributed by atoms with Gasteiger partial charge in [-0.2, -0.15) is 0 Å². The van der Waals surface area contributed by atoms with E-state index in [0.717, 1.165) is 5.69 Å². The number of aromatic nitrogens is 1. The second kappa shape index (κ2) is 6.58. The highest BCUT2D eigenvalue weighted by atomic mass is 16.4. The Kier molecular flexibility index (Phi) is 5.11. The number of amides is 1. The van der Waals surface area contributed by atoms with E-state index in [1.54, 1.807) is 12.1 Å². The van der Waals surface area contributed by atoms with Gasteiger partial charge in [0.05, 0.1) is 0 Å². The maximum Gasteiger partial charge on any atom is 0.267 e. The molecular weight excluding hydrogens is 246 g/mol. The molecule has 104 valence electrons. The minimum Gasteiger partial charge on any atom is -0.409 e. The third kappa shape index (κ3) is 4.13. The van der Waals surface area contributed by atoms with Crippen LogP contribution in [0.25, 0.3) is 0 Å². The molecule has 0 aliphatic carbocycles. The molecule has 0 saturated heterocycles. The van der Waals surface area contributed by atoms with Gasteiger partial charge in [-0.25, -0.2) is 0 Å². The molecule has 7 nitrogen and oxygen atoms in total. The fourth-order valence-electron chi connectivity index (χ4n) is 1.70. The Hall–Kier alpha value is -2.31. The lowest BCUT2D eigenvalue weighted by Crippen LogP contribution is -2.34. The van der Waals surface area contributed by atoms with E-state index in [2.05, 4.69) is 10.1 Å². The molecule has 7 heteroatoms. The van der Waals surface area contributed by atoms with Gasteiger partial charge >= 0.3 is 0 Å². The number of oxime groups is 1. The molecule has 5 N–H and O–H groups in total. The van der Waals surface area contributed by atoms with Crippen molar-refractivity contribution in [3.63, 3.8) is 0 Å². The number of rotatable bonds is 6. The quantitative estimate of drug-likeness (QED) is 0.300. The van der Waals surface area contributed by atoms with Gasteiger partial charge in [-0.1, -0.05) is 5.16 Å². The summed E-state index contributed by atoms with van der Waals surface area (Å²) in [6.45, 7) is 4.59. The summed E-state index contributed by atoms with van der Waals surface area (Å²) in [4.78, 5) is 17.0. The molecule has 0 aromatic carbocycles. The monoisotopic (exact) mass is 265 g/mol.